The Hall–Kier alpha value is -3.97. The van der Waals surface area contributed by atoms with Crippen LogP contribution in [-0.2, 0) is 17.8 Å². The number of carbonyl (C=O) groups excluding carboxylic acids is 1. The van der Waals surface area contributed by atoms with Crippen LogP contribution in [0.25, 0.3) is 10.9 Å². The number of hydrogen-bond donors (Lipinski definition) is 3. The van der Waals surface area contributed by atoms with E-state index in [1.54, 1.807) is 13.1 Å². The molecule has 0 atom stereocenters. The highest BCUT2D eigenvalue weighted by Gasteiger charge is 2.19. The Bertz CT molecular complexity index is 1340. The summed E-state index contributed by atoms with van der Waals surface area (Å²) in [6, 6.07) is 19.7. The standard InChI is InChI=1S/C27H27FN4O2/c1-29-24(33)14-17-4-8-19(9-5-17)26(30-21-11-6-18(7-12-21)16-32(2)3)25-22-13-10-20(28)15-23(22)31-27(25)34/h4-13,15,31,34H,14,16H2,1-3H3,(H,29,33). The molecule has 4 aromatic rings. The fraction of sp³-hybridized carbons (Fsp3) is 0.185. The topological polar surface area (TPSA) is 80.7 Å². The number of rotatable bonds is 7. The van der Waals surface area contributed by atoms with Crippen LogP contribution in [0.1, 0.15) is 22.3 Å². The molecular formula is C27H27FN4O2. The van der Waals surface area contributed by atoms with Gasteiger partial charge in [0.05, 0.1) is 28.9 Å². The third-order valence-electron chi connectivity index (χ3n) is 5.52. The number of aliphatic imine (C=N–C) groups is 1. The van der Waals surface area contributed by atoms with Crippen molar-refractivity contribution in [3.8, 4) is 5.88 Å². The molecule has 0 aliphatic rings. The van der Waals surface area contributed by atoms with E-state index in [1.807, 2.05) is 62.6 Å². The first-order chi connectivity index (χ1) is 16.3. The third-order valence-corrected chi connectivity index (χ3v) is 5.52. The highest BCUT2D eigenvalue weighted by Crippen LogP contribution is 2.32. The van der Waals surface area contributed by atoms with Crippen LogP contribution in [0.5, 0.6) is 5.88 Å². The molecule has 0 radical (unpaired) electrons. The molecule has 1 amide bonds. The summed E-state index contributed by atoms with van der Waals surface area (Å²) in [5.41, 5.74) is 5.03. The number of hydrogen-bond acceptors (Lipinski definition) is 4. The molecule has 0 unspecified atom stereocenters. The molecule has 34 heavy (non-hydrogen) atoms. The molecule has 0 aliphatic heterocycles. The van der Waals surface area contributed by atoms with Gasteiger partial charge < -0.3 is 20.3 Å². The minimum atomic E-state index is -0.395. The lowest BCUT2D eigenvalue weighted by molar-refractivity contribution is -0.119. The summed E-state index contributed by atoms with van der Waals surface area (Å²) < 4.78 is 13.8. The van der Waals surface area contributed by atoms with Crippen molar-refractivity contribution in [1.29, 1.82) is 0 Å². The number of H-pyrrole nitrogens is 1. The minimum absolute atomic E-state index is 0.0734. The Morgan fingerprint density at radius 1 is 1.03 bits per heavy atom. The molecule has 1 heterocycles. The number of fused-ring (bicyclic) bond motifs is 1. The van der Waals surface area contributed by atoms with Crippen molar-refractivity contribution in [3.63, 3.8) is 0 Å². The first-order valence-corrected chi connectivity index (χ1v) is 11.0. The average molecular weight is 459 g/mol. The van der Waals surface area contributed by atoms with Crippen LogP contribution in [0.15, 0.2) is 71.7 Å². The molecule has 3 aromatic carbocycles. The molecule has 0 spiro atoms. The predicted molar refractivity (Wildman–Crippen MR) is 133 cm³/mol. The molecule has 0 fully saturated rings. The van der Waals surface area contributed by atoms with Crippen LogP contribution < -0.4 is 5.32 Å². The number of halogens is 1. The molecule has 4 rings (SSSR count). The lowest BCUT2D eigenvalue weighted by Crippen LogP contribution is -2.19. The van der Waals surface area contributed by atoms with Crippen molar-refractivity contribution >= 4 is 28.2 Å². The summed E-state index contributed by atoms with van der Waals surface area (Å²) >= 11 is 0. The van der Waals surface area contributed by atoms with E-state index in [-0.39, 0.29) is 18.2 Å². The van der Waals surface area contributed by atoms with Crippen molar-refractivity contribution in [1.82, 2.24) is 15.2 Å². The first kappa shape index (κ1) is 23.2. The van der Waals surface area contributed by atoms with Crippen molar-refractivity contribution in [2.45, 2.75) is 13.0 Å². The zero-order chi connectivity index (χ0) is 24.2. The summed E-state index contributed by atoms with van der Waals surface area (Å²) in [5, 5.41) is 14.1. The van der Waals surface area contributed by atoms with Gasteiger partial charge in [0, 0.05) is 24.5 Å². The first-order valence-electron chi connectivity index (χ1n) is 11.0. The maximum absolute atomic E-state index is 13.8. The molecule has 0 saturated carbocycles. The monoisotopic (exact) mass is 458 g/mol. The fourth-order valence-electron chi connectivity index (χ4n) is 3.88. The van der Waals surface area contributed by atoms with Crippen molar-refractivity contribution < 1.29 is 14.3 Å². The summed E-state index contributed by atoms with van der Waals surface area (Å²) in [6.07, 6.45) is 0.272. The second-order valence-corrected chi connectivity index (χ2v) is 8.45. The van der Waals surface area contributed by atoms with Crippen molar-refractivity contribution in [2.75, 3.05) is 21.1 Å². The summed E-state index contributed by atoms with van der Waals surface area (Å²) in [5.74, 6) is -0.553. The van der Waals surface area contributed by atoms with Gasteiger partial charge in [-0.15, -0.1) is 0 Å². The van der Waals surface area contributed by atoms with Crippen LogP contribution in [0.4, 0.5) is 10.1 Å². The lowest BCUT2D eigenvalue weighted by Gasteiger charge is -2.11. The Morgan fingerprint density at radius 2 is 1.71 bits per heavy atom. The van der Waals surface area contributed by atoms with Crippen molar-refractivity contribution in [2.24, 2.45) is 4.99 Å². The Balaban J connectivity index is 1.81. The smallest absolute Gasteiger partial charge is 0.224 e. The maximum atomic E-state index is 13.8. The molecule has 1 aromatic heterocycles. The minimum Gasteiger partial charge on any atom is -0.494 e. The van der Waals surface area contributed by atoms with Crippen LogP contribution in [0.3, 0.4) is 0 Å². The lowest BCUT2D eigenvalue weighted by atomic mass is 9.99. The van der Waals surface area contributed by atoms with Gasteiger partial charge in [0.15, 0.2) is 5.88 Å². The van der Waals surface area contributed by atoms with Gasteiger partial charge in [-0.25, -0.2) is 9.38 Å². The van der Waals surface area contributed by atoms with E-state index in [1.165, 1.54) is 12.1 Å². The number of likely N-dealkylation sites (N-methyl/N-ethyl adjacent to an activating group) is 1. The predicted octanol–water partition coefficient (Wildman–Crippen LogP) is 4.53. The molecule has 6 nitrogen and oxygen atoms in total. The Labute approximate surface area is 197 Å². The zero-order valence-electron chi connectivity index (χ0n) is 19.4. The number of benzene rings is 3. The summed E-state index contributed by atoms with van der Waals surface area (Å²) in [6.45, 7) is 0.818. The van der Waals surface area contributed by atoms with Gasteiger partial charge in [0.2, 0.25) is 5.91 Å². The van der Waals surface area contributed by atoms with Gasteiger partial charge in [0.1, 0.15) is 5.82 Å². The molecule has 7 heteroatoms. The molecule has 0 saturated heterocycles. The van der Waals surface area contributed by atoms with Crippen molar-refractivity contribution in [3.05, 3.63) is 94.8 Å². The SMILES string of the molecule is CNC(=O)Cc1ccc(C(=Nc2ccc(CN(C)C)cc2)c2c(O)[nH]c3cc(F)ccc23)cc1. The fourth-order valence-corrected chi connectivity index (χ4v) is 3.88. The van der Waals surface area contributed by atoms with E-state index in [0.29, 0.717) is 22.2 Å². The molecule has 174 valence electrons. The van der Waals surface area contributed by atoms with Crippen LogP contribution in [0.2, 0.25) is 0 Å². The van der Waals surface area contributed by atoms with Gasteiger partial charge >= 0.3 is 0 Å². The number of nitrogens with one attached hydrogen (secondary N) is 2. The molecule has 0 aliphatic carbocycles. The maximum Gasteiger partial charge on any atom is 0.224 e. The van der Waals surface area contributed by atoms with Crippen LogP contribution in [0, 0.1) is 5.82 Å². The largest absolute Gasteiger partial charge is 0.494 e. The molecular weight excluding hydrogens is 431 g/mol. The van der Waals surface area contributed by atoms with E-state index in [0.717, 1.165) is 28.9 Å². The quantitative estimate of drug-likeness (QED) is 0.356. The average Bonchev–Trinajstić information content (AvgIpc) is 3.13. The summed E-state index contributed by atoms with van der Waals surface area (Å²) in [7, 11) is 5.63. The van der Waals surface area contributed by atoms with E-state index < -0.39 is 5.82 Å². The van der Waals surface area contributed by atoms with Gasteiger partial charge in [0.25, 0.3) is 0 Å². The van der Waals surface area contributed by atoms with Crippen LogP contribution >= 0.6 is 0 Å². The number of nitrogens with zero attached hydrogens (tertiary/aromatic N) is 2. The second-order valence-electron chi connectivity index (χ2n) is 8.45. The summed E-state index contributed by atoms with van der Waals surface area (Å²) in [4.78, 5) is 21.6. The van der Waals surface area contributed by atoms with Gasteiger partial charge in [-0.1, -0.05) is 36.4 Å². The zero-order valence-corrected chi connectivity index (χ0v) is 19.4. The second kappa shape index (κ2) is 9.89. The van der Waals surface area contributed by atoms with E-state index in [9.17, 15) is 14.3 Å². The third kappa shape index (κ3) is 5.15. The normalized spacial score (nSPS) is 11.9. The van der Waals surface area contributed by atoms with Gasteiger partial charge in [-0.3, -0.25) is 4.79 Å². The number of carbonyl (C=O) groups is 1. The highest BCUT2D eigenvalue weighted by molar-refractivity contribution is 6.21. The van der Waals surface area contributed by atoms with Gasteiger partial charge in [-0.2, -0.15) is 0 Å². The number of amides is 1. The van der Waals surface area contributed by atoms with Crippen LogP contribution in [-0.4, -0.2) is 47.8 Å². The van der Waals surface area contributed by atoms with E-state index in [4.69, 9.17) is 4.99 Å². The number of aromatic amines is 1. The molecule has 0 bridgehead atoms. The Morgan fingerprint density at radius 3 is 2.35 bits per heavy atom. The van der Waals surface area contributed by atoms with Gasteiger partial charge in [-0.05, 0) is 55.6 Å². The number of aromatic nitrogens is 1. The Kier molecular flexibility index (Phi) is 6.75. The van der Waals surface area contributed by atoms with E-state index in [2.05, 4.69) is 15.2 Å². The number of aromatic hydroxyl groups is 1. The van der Waals surface area contributed by atoms with E-state index >= 15 is 0 Å². The highest BCUT2D eigenvalue weighted by atomic mass is 19.1. The molecule has 3 N–H and O–H groups in total.